The van der Waals surface area contributed by atoms with Gasteiger partial charge in [-0.05, 0) is 20.8 Å². The zero-order valence-corrected chi connectivity index (χ0v) is 6.31. The molecule has 0 atom stereocenters. The van der Waals surface area contributed by atoms with Crippen LogP contribution in [0, 0.1) is 0 Å². The zero-order valence-electron chi connectivity index (χ0n) is 6.31. The highest BCUT2D eigenvalue weighted by Gasteiger charge is 2.34. The van der Waals surface area contributed by atoms with Crippen molar-refractivity contribution in [1.29, 1.82) is 0 Å². The molecule has 2 nitrogen and oxygen atoms in total. The summed E-state index contributed by atoms with van der Waals surface area (Å²) >= 11 is 0. The molecule has 0 radical (unpaired) electrons. The van der Waals surface area contributed by atoms with Gasteiger partial charge in [-0.15, -0.1) is 0 Å². The molecule has 1 aliphatic rings. The molecule has 0 amide bonds. The number of hydrogen-bond acceptors (Lipinski definition) is 2. The third-order valence-corrected chi connectivity index (χ3v) is 1.33. The molecule has 0 aliphatic carbocycles. The van der Waals surface area contributed by atoms with Crippen LogP contribution in [0.5, 0.6) is 0 Å². The minimum atomic E-state index is 0.0220. The van der Waals surface area contributed by atoms with Crippen LogP contribution in [0.15, 0.2) is 0 Å². The Bertz CT molecular complexity index is 95.1. The van der Waals surface area contributed by atoms with Gasteiger partial charge in [0.2, 0.25) is 0 Å². The molecule has 2 heteroatoms. The second-order valence-electron chi connectivity index (χ2n) is 3.11. The van der Waals surface area contributed by atoms with Gasteiger partial charge >= 0.3 is 0 Å². The van der Waals surface area contributed by atoms with Crippen molar-refractivity contribution in [1.82, 2.24) is 0 Å². The highest BCUT2D eigenvalue weighted by Crippen LogP contribution is 2.21. The summed E-state index contributed by atoms with van der Waals surface area (Å²) in [5.74, 6) is 0. The van der Waals surface area contributed by atoms with Crippen molar-refractivity contribution in [3.8, 4) is 0 Å². The smallest absolute Gasteiger partial charge is 0.112 e. The molecular formula is C7H14O2. The Kier molecular flexibility index (Phi) is 1.78. The molecule has 0 saturated carbocycles. The molecule has 1 saturated heterocycles. The van der Waals surface area contributed by atoms with Gasteiger partial charge in [0, 0.05) is 0 Å². The maximum absolute atomic E-state index is 5.55. The minimum absolute atomic E-state index is 0.0220. The lowest BCUT2D eigenvalue weighted by Gasteiger charge is -2.39. The van der Waals surface area contributed by atoms with E-state index in [2.05, 4.69) is 6.92 Å². The Morgan fingerprint density at radius 3 is 2.11 bits per heavy atom. The predicted molar refractivity (Wildman–Crippen MR) is 35.4 cm³/mol. The van der Waals surface area contributed by atoms with Crippen LogP contribution in [0.3, 0.4) is 0 Å². The second-order valence-corrected chi connectivity index (χ2v) is 3.11. The first-order chi connectivity index (χ1) is 4.12. The van der Waals surface area contributed by atoms with Crippen LogP contribution in [-0.4, -0.2) is 24.9 Å². The topological polar surface area (TPSA) is 18.5 Å². The first-order valence-corrected chi connectivity index (χ1v) is 3.38. The minimum Gasteiger partial charge on any atom is -0.375 e. The van der Waals surface area contributed by atoms with E-state index in [9.17, 15) is 0 Å². The largest absolute Gasteiger partial charge is 0.375 e. The first kappa shape index (κ1) is 7.03. The number of ether oxygens (including phenoxy) is 2. The Balaban J connectivity index is 2.24. The fourth-order valence-corrected chi connectivity index (χ4v) is 1.03. The molecule has 1 heterocycles. The van der Waals surface area contributed by atoms with Crippen molar-refractivity contribution in [3.05, 3.63) is 0 Å². The highest BCUT2D eigenvalue weighted by molar-refractivity contribution is 4.82. The predicted octanol–water partition coefficient (Wildman–Crippen LogP) is 1.20. The summed E-state index contributed by atoms with van der Waals surface area (Å²) in [5.41, 5.74) is 0.0220. The molecule has 0 aromatic carbocycles. The van der Waals surface area contributed by atoms with E-state index in [0.29, 0.717) is 6.10 Å². The molecule has 0 unspecified atom stereocenters. The molecule has 54 valence electrons. The summed E-state index contributed by atoms with van der Waals surface area (Å²) < 4.78 is 10.6. The van der Waals surface area contributed by atoms with Crippen LogP contribution in [-0.2, 0) is 9.47 Å². The van der Waals surface area contributed by atoms with Crippen molar-refractivity contribution in [2.75, 3.05) is 13.2 Å². The maximum atomic E-state index is 5.55. The summed E-state index contributed by atoms with van der Waals surface area (Å²) in [6, 6.07) is 0. The average Bonchev–Trinajstić information content (AvgIpc) is 1.60. The molecule has 0 aromatic rings. The Hall–Kier alpha value is -0.0800. The van der Waals surface area contributed by atoms with Gasteiger partial charge in [0.1, 0.15) is 5.60 Å². The normalized spacial score (nSPS) is 24.0. The van der Waals surface area contributed by atoms with E-state index >= 15 is 0 Å². The number of rotatable bonds is 2. The van der Waals surface area contributed by atoms with Crippen LogP contribution < -0.4 is 0 Å². The van der Waals surface area contributed by atoms with E-state index < -0.39 is 0 Å². The van der Waals surface area contributed by atoms with Gasteiger partial charge < -0.3 is 9.47 Å². The lowest BCUT2D eigenvalue weighted by molar-refractivity contribution is -0.214. The van der Waals surface area contributed by atoms with Gasteiger partial charge in [0.05, 0.1) is 19.3 Å². The van der Waals surface area contributed by atoms with Crippen LogP contribution in [0.2, 0.25) is 0 Å². The Labute approximate surface area is 56.2 Å². The van der Waals surface area contributed by atoms with E-state index in [1.54, 1.807) is 0 Å². The van der Waals surface area contributed by atoms with Crippen molar-refractivity contribution >= 4 is 0 Å². The standard InChI is InChI=1S/C7H14O2/c1-6(2)9-7(3)4-8-5-7/h6H,4-5H2,1-3H3. The van der Waals surface area contributed by atoms with Crippen molar-refractivity contribution in [2.24, 2.45) is 0 Å². The molecule has 1 rings (SSSR count). The summed E-state index contributed by atoms with van der Waals surface area (Å²) in [7, 11) is 0. The SMILES string of the molecule is CC(C)OC1(C)COC1. The van der Waals surface area contributed by atoms with Crippen molar-refractivity contribution in [2.45, 2.75) is 32.5 Å². The quantitative estimate of drug-likeness (QED) is 0.559. The zero-order chi connectivity index (χ0) is 6.91. The van der Waals surface area contributed by atoms with Crippen LogP contribution in [0.4, 0.5) is 0 Å². The molecule has 1 fully saturated rings. The highest BCUT2D eigenvalue weighted by atomic mass is 16.6. The molecule has 0 N–H and O–H groups in total. The summed E-state index contributed by atoms with van der Waals surface area (Å²) in [6.07, 6.45) is 0.318. The van der Waals surface area contributed by atoms with E-state index in [4.69, 9.17) is 9.47 Å². The third-order valence-electron chi connectivity index (χ3n) is 1.33. The third kappa shape index (κ3) is 1.66. The van der Waals surface area contributed by atoms with Crippen LogP contribution in [0.1, 0.15) is 20.8 Å². The maximum Gasteiger partial charge on any atom is 0.112 e. The van der Waals surface area contributed by atoms with Gasteiger partial charge in [0.15, 0.2) is 0 Å². The fourth-order valence-electron chi connectivity index (χ4n) is 1.03. The van der Waals surface area contributed by atoms with Gasteiger partial charge in [-0.2, -0.15) is 0 Å². The van der Waals surface area contributed by atoms with Gasteiger partial charge in [0.25, 0.3) is 0 Å². The molecule has 0 bridgehead atoms. The molecular weight excluding hydrogens is 116 g/mol. The lowest BCUT2D eigenvalue weighted by atomic mass is 10.1. The molecule has 0 aromatic heterocycles. The van der Waals surface area contributed by atoms with Crippen molar-refractivity contribution < 1.29 is 9.47 Å². The van der Waals surface area contributed by atoms with E-state index in [0.717, 1.165) is 13.2 Å². The second kappa shape index (κ2) is 2.27. The molecule has 9 heavy (non-hydrogen) atoms. The molecule has 1 aliphatic heterocycles. The van der Waals surface area contributed by atoms with Crippen molar-refractivity contribution in [3.63, 3.8) is 0 Å². The summed E-state index contributed by atoms with van der Waals surface area (Å²) in [6.45, 7) is 7.68. The lowest BCUT2D eigenvalue weighted by Crippen LogP contribution is -2.50. The fraction of sp³-hybridized carbons (Fsp3) is 1.00. The molecule has 0 spiro atoms. The van der Waals surface area contributed by atoms with E-state index in [1.165, 1.54) is 0 Å². The van der Waals surface area contributed by atoms with E-state index in [1.807, 2.05) is 13.8 Å². The monoisotopic (exact) mass is 130 g/mol. The average molecular weight is 130 g/mol. The Morgan fingerprint density at radius 1 is 1.44 bits per heavy atom. The Morgan fingerprint density at radius 2 is 2.00 bits per heavy atom. The van der Waals surface area contributed by atoms with Crippen LogP contribution >= 0.6 is 0 Å². The van der Waals surface area contributed by atoms with Gasteiger partial charge in [-0.25, -0.2) is 0 Å². The summed E-state index contributed by atoms with van der Waals surface area (Å²) in [4.78, 5) is 0. The van der Waals surface area contributed by atoms with Gasteiger partial charge in [-0.1, -0.05) is 0 Å². The number of hydrogen-bond donors (Lipinski definition) is 0. The van der Waals surface area contributed by atoms with Gasteiger partial charge in [-0.3, -0.25) is 0 Å². The first-order valence-electron chi connectivity index (χ1n) is 3.38. The van der Waals surface area contributed by atoms with E-state index in [-0.39, 0.29) is 5.60 Å². The summed E-state index contributed by atoms with van der Waals surface area (Å²) in [5, 5.41) is 0. The van der Waals surface area contributed by atoms with Crippen LogP contribution in [0.25, 0.3) is 0 Å².